The number of nitrogens with two attached hydrogens (primary N) is 1. The molecule has 7 nitrogen and oxygen atoms in total. The van der Waals surface area contributed by atoms with Crippen LogP contribution in [0.15, 0.2) is 23.2 Å². The Morgan fingerprint density at radius 1 is 1.22 bits per heavy atom. The molecule has 1 aliphatic heterocycles. The topological polar surface area (TPSA) is 80.4 Å². The number of carbonyl (C=O) groups excluding carboxylic acids is 1. The maximum Gasteiger partial charge on any atom is 0.410 e. The fourth-order valence-electron chi connectivity index (χ4n) is 2.53. The van der Waals surface area contributed by atoms with Crippen molar-refractivity contribution in [2.75, 3.05) is 33.3 Å². The van der Waals surface area contributed by atoms with Crippen molar-refractivity contribution in [3.05, 3.63) is 29.6 Å². The average Bonchev–Trinajstić information content (AvgIpc) is 2.58. The van der Waals surface area contributed by atoms with Gasteiger partial charge in [-0.15, -0.1) is 24.0 Å². The molecule has 0 aromatic heterocycles. The van der Waals surface area contributed by atoms with Gasteiger partial charge in [-0.3, -0.25) is 0 Å². The molecule has 152 valence electrons. The maximum absolute atomic E-state index is 13.7. The summed E-state index contributed by atoms with van der Waals surface area (Å²) in [5.41, 5.74) is 6.23. The smallest absolute Gasteiger partial charge is 0.410 e. The molecular weight excluding hydrogens is 466 g/mol. The number of ether oxygens (including phenoxy) is 2. The molecule has 1 aromatic carbocycles. The number of aliphatic imine (C=N–C) groups is 1. The summed E-state index contributed by atoms with van der Waals surface area (Å²) >= 11 is 0. The van der Waals surface area contributed by atoms with E-state index in [2.05, 4.69) is 4.99 Å². The van der Waals surface area contributed by atoms with E-state index in [1.165, 1.54) is 13.2 Å². The number of halogens is 2. The van der Waals surface area contributed by atoms with E-state index >= 15 is 0 Å². The predicted molar refractivity (Wildman–Crippen MR) is 113 cm³/mol. The Hall–Kier alpha value is -1.78. The van der Waals surface area contributed by atoms with Crippen molar-refractivity contribution in [2.45, 2.75) is 32.9 Å². The van der Waals surface area contributed by atoms with Crippen LogP contribution in [-0.2, 0) is 11.3 Å². The quantitative estimate of drug-likeness (QED) is 0.397. The minimum absolute atomic E-state index is 0. The number of rotatable bonds is 3. The summed E-state index contributed by atoms with van der Waals surface area (Å²) in [4.78, 5) is 19.9. The van der Waals surface area contributed by atoms with Crippen LogP contribution in [0.3, 0.4) is 0 Å². The van der Waals surface area contributed by atoms with Crippen molar-refractivity contribution < 1.29 is 18.7 Å². The number of methoxy groups -OCH3 is 1. The van der Waals surface area contributed by atoms with Crippen molar-refractivity contribution in [2.24, 2.45) is 10.7 Å². The van der Waals surface area contributed by atoms with Crippen molar-refractivity contribution in [3.63, 3.8) is 0 Å². The molecule has 0 bridgehead atoms. The van der Waals surface area contributed by atoms with Crippen molar-refractivity contribution >= 4 is 36.0 Å². The zero-order valence-corrected chi connectivity index (χ0v) is 18.5. The summed E-state index contributed by atoms with van der Waals surface area (Å²) < 4.78 is 24.0. The minimum atomic E-state index is -0.512. The molecule has 0 unspecified atom stereocenters. The normalized spacial score (nSPS) is 15.2. The molecule has 1 aromatic rings. The summed E-state index contributed by atoms with van der Waals surface area (Å²) in [6, 6.07) is 4.70. The second-order valence-electron chi connectivity index (χ2n) is 7.10. The number of amides is 1. The van der Waals surface area contributed by atoms with Gasteiger partial charge in [-0.2, -0.15) is 0 Å². The first-order valence-corrected chi connectivity index (χ1v) is 8.55. The Labute approximate surface area is 176 Å². The van der Waals surface area contributed by atoms with Gasteiger partial charge in [-0.25, -0.2) is 14.2 Å². The lowest BCUT2D eigenvalue weighted by Crippen LogP contribution is -2.53. The van der Waals surface area contributed by atoms with Gasteiger partial charge in [-0.05, 0) is 38.5 Å². The van der Waals surface area contributed by atoms with Crippen LogP contribution in [0.4, 0.5) is 9.18 Å². The van der Waals surface area contributed by atoms with Crippen molar-refractivity contribution in [1.29, 1.82) is 0 Å². The second-order valence-corrected chi connectivity index (χ2v) is 7.10. The molecule has 1 aliphatic rings. The van der Waals surface area contributed by atoms with Crippen LogP contribution < -0.4 is 10.5 Å². The summed E-state index contributed by atoms with van der Waals surface area (Å²) in [5.74, 6) is 0.152. The van der Waals surface area contributed by atoms with Gasteiger partial charge >= 0.3 is 6.09 Å². The molecule has 2 rings (SSSR count). The highest BCUT2D eigenvalue weighted by Gasteiger charge is 2.26. The summed E-state index contributed by atoms with van der Waals surface area (Å²) in [5, 5.41) is 0. The highest BCUT2D eigenvalue weighted by molar-refractivity contribution is 14.0. The number of nitrogens with zero attached hydrogens (tertiary/aromatic N) is 3. The van der Waals surface area contributed by atoms with Crippen LogP contribution in [0, 0.1) is 5.82 Å². The van der Waals surface area contributed by atoms with Gasteiger partial charge < -0.3 is 25.0 Å². The second kappa shape index (κ2) is 9.95. The zero-order chi connectivity index (χ0) is 19.3. The summed E-state index contributed by atoms with van der Waals surface area (Å²) in [6.45, 7) is 7.98. The van der Waals surface area contributed by atoms with Crippen LogP contribution >= 0.6 is 24.0 Å². The van der Waals surface area contributed by atoms with Gasteiger partial charge in [0, 0.05) is 26.2 Å². The maximum atomic E-state index is 13.7. The molecule has 0 aliphatic carbocycles. The SMILES string of the molecule is COc1ccc(CN=C(N)N2CCN(C(=O)OC(C)(C)C)CC2)cc1F.I. The number of carbonyl (C=O) groups is 1. The third kappa shape index (κ3) is 7.04. The first kappa shape index (κ1) is 23.3. The first-order chi connectivity index (χ1) is 12.2. The Balaban J connectivity index is 0.00000364. The van der Waals surface area contributed by atoms with Gasteiger partial charge in [0.2, 0.25) is 0 Å². The molecule has 0 spiro atoms. The number of guanidine groups is 1. The van der Waals surface area contributed by atoms with E-state index in [0.717, 1.165) is 0 Å². The largest absolute Gasteiger partial charge is 0.494 e. The standard InChI is InChI=1S/C18H27FN4O3.HI/c1-18(2,3)26-17(24)23-9-7-22(8-10-23)16(20)21-12-13-5-6-15(25-4)14(19)11-13;/h5-6,11H,7-10,12H2,1-4H3,(H2,20,21);1H. The molecule has 27 heavy (non-hydrogen) atoms. The third-order valence-electron chi connectivity index (χ3n) is 3.90. The van der Waals surface area contributed by atoms with Crippen LogP contribution in [0.1, 0.15) is 26.3 Å². The van der Waals surface area contributed by atoms with E-state index in [1.807, 2.05) is 25.7 Å². The van der Waals surface area contributed by atoms with Crippen LogP contribution in [0.2, 0.25) is 0 Å². The van der Waals surface area contributed by atoms with Gasteiger partial charge in [0.25, 0.3) is 0 Å². The third-order valence-corrected chi connectivity index (χ3v) is 3.90. The van der Waals surface area contributed by atoms with Crippen LogP contribution in [0.25, 0.3) is 0 Å². The van der Waals surface area contributed by atoms with Crippen LogP contribution in [0.5, 0.6) is 5.75 Å². The lowest BCUT2D eigenvalue weighted by Gasteiger charge is -2.36. The number of hydrogen-bond donors (Lipinski definition) is 1. The Bertz CT molecular complexity index is 671. The van der Waals surface area contributed by atoms with E-state index in [-0.39, 0.29) is 42.4 Å². The highest BCUT2D eigenvalue weighted by atomic mass is 127. The zero-order valence-electron chi connectivity index (χ0n) is 16.2. The Kier molecular flexibility index (Phi) is 8.58. The van der Waals surface area contributed by atoms with Crippen molar-refractivity contribution in [3.8, 4) is 5.75 Å². The lowest BCUT2D eigenvalue weighted by molar-refractivity contribution is 0.0186. The molecule has 1 fully saturated rings. The van der Waals surface area contributed by atoms with E-state index in [0.29, 0.717) is 37.7 Å². The molecular formula is C18H28FIN4O3. The fourth-order valence-corrected chi connectivity index (χ4v) is 2.53. The number of benzene rings is 1. The van der Waals surface area contributed by atoms with Gasteiger partial charge in [0.05, 0.1) is 13.7 Å². The summed E-state index contributed by atoms with van der Waals surface area (Å²) in [6.07, 6.45) is -0.318. The monoisotopic (exact) mass is 494 g/mol. The first-order valence-electron chi connectivity index (χ1n) is 8.55. The molecule has 1 amide bonds. The van der Waals surface area contributed by atoms with E-state index in [1.54, 1.807) is 17.0 Å². The lowest BCUT2D eigenvalue weighted by atomic mass is 10.2. The molecule has 0 radical (unpaired) electrons. The van der Waals surface area contributed by atoms with E-state index < -0.39 is 11.4 Å². The van der Waals surface area contributed by atoms with Gasteiger partial charge in [0.1, 0.15) is 5.60 Å². The van der Waals surface area contributed by atoms with E-state index in [4.69, 9.17) is 15.2 Å². The Morgan fingerprint density at radius 3 is 2.33 bits per heavy atom. The molecule has 0 atom stereocenters. The average molecular weight is 494 g/mol. The molecule has 1 heterocycles. The number of hydrogen-bond acceptors (Lipinski definition) is 4. The minimum Gasteiger partial charge on any atom is -0.494 e. The fraction of sp³-hybridized carbons (Fsp3) is 0.556. The van der Waals surface area contributed by atoms with Crippen LogP contribution in [-0.4, -0.2) is 60.7 Å². The van der Waals surface area contributed by atoms with E-state index in [9.17, 15) is 9.18 Å². The van der Waals surface area contributed by atoms with Gasteiger partial charge in [0.15, 0.2) is 17.5 Å². The molecule has 1 saturated heterocycles. The number of piperazine rings is 1. The molecule has 0 saturated carbocycles. The van der Waals surface area contributed by atoms with Gasteiger partial charge in [-0.1, -0.05) is 6.07 Å². The predicted octanol–water partition coefficient (Wildman–Crippen LogP) is 2.82. The molecule has 9 heteroatoms. The highest BCUT2D eigenvalue weighted by Crippen LogP contribution is 2.18. The Morgan fingerprint density at radius 2 is 1.81 bits per heavy atom. The van der Waals surface area contributed by atoms with Crippen molar-refractivity contribution in [1.82, 2.24) is 9.80 Å². The summed E-state index contributed by atoms with van der Waals surface area (Å²) in [7, 11) is 1.42. The molecule has 2 N–H and O–H groups in total.